The Morgan fingerprint density at radius 2 is 1.90 bits per heavy atom. The Bertz CT molecular complexity index is 1050. The lowest BCUT2D eigenvalue weighted by Crippen LogP contribution is -2.36. The first-order chi connectivity index (χ1) is 14.8. The number of benzene rings is 2. The second kappa shape index (κ2) is 8.43. The molecule has 2 heterocycles. The first-order valence-corrected chi connectivity index (χ1v) is 10.7. The Morgan fingerprint density at radius 1 is 1.19 bits per heavy atom. The summed E-state index contributed by atoms with van der Waals surface area (Å²) in [4.78, 5) is 0.882. The monoisotopic (exact) mass is 452 g/mol. The Labute approximate surface area is 180 Å². The van der Waals surface area contributed by atoms with E-state index in [4.69, 9.17) is 0 Å². The highest BCUT2D eigenvalue weighted by atomic mass is 32.2. The van der Waals surface area contributed by atoms with Gasteiger partial charge in [0.2, 0.25) is 0 Å². The highest BCUT2D eigenvalue weighted by Crippen LogP contribution is 2.45. The number of nitrogens with one attached hydrogen (secondary N) is 2. The van der Waals surface area contributed by atoms with Crippen molar-refractivity contribution < 1.29 is 22.7 Å². The van der Waals surface area contributed by atoms with E-state index in [1.54, 1.807) is 12.1 Å². The fourth-order valence-corrected chi connectivity index (χ4v) is 4.25. The predicted molar refractivity (Wildman–Crippen MR) is 112 cm³/mol. The third kappa shape index (κ3) is 4.35. The molecule has 0 amide bonds. The smallest absolute Gasteiger partial charge is 0.369 e. The zero-order valence-corrected chi connectivity index (χ0v) is 17.2. The summed E-state index contributed by atoms with van der Waals surface area (Å²) < 4.78 is 55.6. The van der Waals surface area contributed by atoms with Gasteiger partial charge in [0.15, 0.2) is 12.3 Å². The van der Waals surface area contributed by atoms with Crippen molar-refractivity contribution in [1.82, 2.24) is 9.78 Å². The minimum absolute atomic E-state index is 0.0736. The van der Waals surface area contributed by atoms with Crippen LogP contribution in [0.4, 0.5) is 29.1 Å². The molecule has 1 aliphatic rings. The van der Waals surface area contributed by atoms with Crippen LogP contribution in [-0.4, -0.2) is 27.3 Å². The van der Waals surface area contributed by atoms with Crippen molar-refractivity contribution in [3.05, 3.63) is 71.7 Å². The Hall–Kier alpha value is -2.72. The molecule has 0 unspecified atom stereocenters. The first-order valence-electron chi connectivity index (χ1n) is 9.51. The number of hydrogen-bond acceptors (Lipinski definition) is 5. The van der Waals surface area contributed by atoms with E-state index in [9.17, 15) is 22.7 Å². The molecule has 1 aliphatic heterocycles. The molecular weight excluding hydrogens is 432 g/mol. The summed E-state index contributed by atoms with van der Waals surface area (Å²) in [7, 11) is 0. The molecule has 10 heteroatoms. The maximum atomic E-state index is 13.8. The third-order valence-electron chi connectivity index (χ3n) is 5.23. The highest BCUT2D eigenvalue weighted by molar-refractivity contribution is 7.98. The highest BCUT2D eigenvalue weighted by Gasteiger charge is 2.47. The van der Waals surface area contributed by atoms with E-state index in [0.29, 0.717) is 11.3 Å². The SMILES string of the molecule is CSc1ccccc1N[C@H](O)c1cnn2c1N[C@@H](c1ccc(F)cc1)C[C@@H]2C(F)(F)F. The van der Waals surface area contributed by atoms with Gasteiger partial charge >= 0.3 is 6.18 Å². The normalized spacial score (nSPS) is 19.4. The van der Waals surface area contributed by atoms with Gasteiger partial charge in [-0.1, -0.05) is 24.3 Å². The van der Waals surface area contributed by atoms with Gasteiger partial charge in [-0.3, -0.25) is 0 Å². The van der Waals surface area contributed by atoms with Crippen LogP contribution in [0.25, 0.3) is 0 Å². The van der Waals surface area contributed by atoms with Crippen LogP contribution in [0.1, 0.15) is 35.9 Å². The summed E-state index contributed by atoms with van der Waals surface area (Å²) in [6, 6.07) is 10.0. The molecule has 0 radical (unpaired) electrons. The second-order valence-corrected chi connectivity index (χ2v) is 8.03. The van der Waals surface area contributed by atoms with Crippen molar-refractivity contribution >= 4 is 23.3 Å². The van der Waals surface area contributed by atoms with Gasteiger partial charge in [0, 0.05) is 11.3 Å². The molecule has 0 saturated heterocycles. The van der Waals surface area contributed by atoms with Crippen molar-refractivity contribution in [3.63, 3.8) is 0 Å². The van der Waals surface area contributed by atoms with Gasteiger partial charge in [0.25, 0.3) is 0 Å². The van der Waals surface area contributed by atoms with Gasteiger partial charge in [-0.25, -0.2) is 9.07 Å². The van der Waals surface area contributed by atoms with Crippen molar-refractivity contribution in [3.8, 4) is 0 Å². The van der Waals surface area contributed by atoms with Crippen LogP contribution in [0.15, 0.2) is 59.6 Å². The topological polar surface area (TPSA) is 62.1 Å². The molecular formula is C21H20F4N4OS. The molecule has 31 heavy (non-hydrogen) atoms. The maximum absolute atomic E-state index is 13.8. The molecule has 0 spiro atoms. The van der Waals surface area contributed by atoms with Crippen LogP contribution in [0, 0.1) is 5.82 Å². The van der Waals surface area contributed by atoms with E-state index in [1.807, 2.05) is 18.4 Å². The van der Waals surface area contributed by atoms with Gasteiger partial charge in [0.05, 0.1) is 23.5 Å². The molecule has 164 valence electrons. The number of nitrogens with zero attached hydrogens (tertiary/aromatic N) is 2. The van der Waals surface area contributed by atoms with Crippen LogP contribution < -0.4 is 10.6 Å². The number of aliphatic hydroxyl groups excluding tert-OH is 1. The van der Waals surface area contributed by atoms with Crippen molar-refractivity contribution in [2.75, 3.05) is 16.9 Å². The molecule has 0 saturated carbocycles. The fourth-order valence-electron chi connectivity index (χ4n) is 3.68. The lowest BCUT2D eigenvalue weighted by Gasteiger charge is -2.34. The Balaban J connectivity index is 1.68. The quantitative estimate of drug-likeness (QED) is 0.271. The zero-order valence-electron chi connectivity index (χ0n) is 16.4. The lowest BCUT2D eigenvalue weighted by molar-refractivity contribution is -0.173. The standard InChI is InChI=1S/C21H20F4N4OS/c1-31-17-5-3-2-4-15(17)28-20(30)14-11-26-29-18(21(23,24)25)10-16(27-19(14)29)12-6-8-13(22)9-7-12/h2-9,11,16,18,20,27-28,30H,10H2,1H3/t16-,18-,20-/m1/s1. The molecule has 0 aliphatic carbocycles. The van der Waals surface area contributed by atoms with Crippen LogP contribution in [-0.2, 0) is 0 Å². The van der Waals surface area contributed by atoms with Crippen LogP contribution in [0.3, 0.4) is 0 Å². The maximum Gasteiger partial charge on any atom is 0.410 e. The first kappa shape index (κ1) is 21.5. The number of thioether (sulfide) groups is 1. The summed E-state index contributed by atoms with van der Waals surface area (Å²) >= 11 is 1.48. The Kier molecular flexibility index (Phi) is 5.85. The van der Waals surface area contributed by atoms with Crippen molar-refractivity contribution in [1.29, 1.82) is 0 Å². The molecule has 1 aromatic heterocycles. The van der Waals surface area contributed by atoms with Crippen molar-refractivity contribution in [2.24, 2.45) is 0 Å². The van der Waals surface area contributed by atoms with Gasteiger partial charge in [-0.05, 0) is 36.1 Å². The van der Waals surface area contributed by atoms with Crippen LogP contribution >= 0.6 is 11.8 Å². The summed E-state index contributed by atoms with van der Waals surface area (Å²) in [6.45, 7) is 0. The summed E-state index contributed by atoms with van der Waals surface area (Å²) in [5.41, 5.74) is 1.36. The van der Waals surface area contributed by atoms with Crippen LogP contribution in [0.5, 0.6) is 0 Å². The van der Waals surface area contributed by atoms with Crippen molar-refractivity contribution in [2.45, 2.75) is 35.8 Å². The molecule has 3 atom stereocenters. The minimum atomic E-state index is -4.54. The van der Waals surface area contributed by atoms with E-state index in [1.165, 1.54) is 42.2 Å². The molecule has 0 bridgehead atoms. The fraction of sp³-hybridized carbons (Fsp3) is 0.286. The zero-order chi connectivity index (χ0) is 22.2. The number of aromatic nitrogens is 2. The van der Waals surface area contributed by atoms with Gasteiger partial charge in [-0.15, -0.1) is 11.8 Å². The number of para-hydroxylation sites is 1. The van der Waals surface area contributed by atoms with Gasteiger partial charge < -0.3 is 15.7 Å². The van der Waals surface area contributed by atoms with Gasteiger partial charge in [0.1, 0.15) is 11.6 Å². The Morgan fingerprint density at radius 3 is 2.58 bits per heavy atom. The lowest BCUT2D eigenvalue weighted by atomic mass is 9.96. The minimum Gasteiger partial charge on any atom is -0.369 e. The second-order valence-electron chi connectivity index (χ2n) is 7.18. The average molecular weight is 452 g/mol. The molecule has 5 nitrogen and oxygen atoms in total. The number of anilines is 2. The summed E-state index contributed by atoms with van der Waals surface area (Å²) in [5.74, 6) is -0.394. The molecule has 3 N–H and O–H groups in total. The number of hydrogen-bond donors (Lipinski definition) is 3. The number of halogens is 4. The van der Waals surface area contributed by atoms with E-state index in [2.05, 4.69) is 15.7 Å². The number of fused-ring (bicyclic) bond motifs is 1. The van der Waals surface area contributed by atoms with E-state index >= 15 is 0 Å². The largest absolute Gasteiger partial charge is 0.410 e. The third-order valence-corrected chi connectivity index (χ3v) is 6.03. The van der Waals surface area contributed by atoms with Crippen LogP contribution in [0.2, 0.25) is 0 Å². The van der Waals surface area contributed by atoms with E-state index in [-0.39, 0.29) is 17.8 Å². The predicted octanol–water partition coefficient (Wildman–Crippen LogP) is 5.51. The molecule has 4 rings (SSSR count). The summed E-state index contributed by atoms with van der Waals surface area (Å²) in [6.07, 6.45) is -3.01. The summed E-state index contributed by atoms with van der Waals surface area (Å²) in [5, 5.41) is 20.7. The van der Waals surface area contributed by atoms with Gasteiger partial charge in [-0.2, -0.15) is 18.3 Å². The molecule has 2 aromatic carbocycles. The van der Waals surface area contributed by atoms with E-state index in [0.717, 1.165) is 9.58 Å². The van der Waals surface area contributed by atoms with E-state index < -0.39 is 30.3 Å². The molecule has 3 aromatic rings. The molecule has 0 fully saturated rings. The number of rotatable bonds is 5. The number of aliphatic hydroxyl groups is 1. The average Bonchev–Trinajstić information content (AvgIpc) is 3.17. The number of alkyl halides is 3.